The van der Waals surface area contributed by atoms with Gasteiger partial charge in [-0.2, -0.15) is 11.8 Å². The zero-order valence-electron chi connectivity index (χ0n) is 11.7. The standard InChI is InChI=1S/C15H28N2S/c1-2-18-15-7-6-14(10-15)17-12-4-3-5-13(17)9-11(16)8-12/h11-15H,2-10,16H2,1H3. The number of hydrogen-bond acceptors (Lipinski definition) is 3. The molecule has 0 aromatic rings. The summed E-state index contributed by atoms with van der Waals surface area (Å²) in [5, 5.41) is 0.941. The third-order valence-corrected chi connectivity index (χ3v) is 6.48. The lowest BCUT2D eigenvalue weighted by molar-refractivity contribution is -0.00306. The maximum atomic E-state index is 6.23. The van der Waals surface area contributed by atoms with Gasteiger partial charge in [-0.05, 0) is 50.7 Å². The molecule has 2 bridgehead atoms. The van der Waals surface area contributed by atoms with Crippen molar-refractivity contribution in [3.05, 3.63) is 0 Å². The summed E-state index contributed by atoms with van der Waals surface area (Å²) < 4.78 is 0. The van der Waals surface area contributed by atoms with Crippen molar-refractivity contribution >= 4 is 11.8 Å². The normalized spacial score (nSPS) is 45.3. The molecule has 2 heterocycles. The van der Waals surface area contributed by atoms with Gasteiger partial charge in [0.2, 0.25) is 0 Å². The van der Waals surface area contributed by atoms with Gasteiger partial charge in [-0.25, -0.2) is 0 Å². The van der Waals surface area contributed by atoms with Crippen molar-refractivity contribution in [3.8, 4) is 0 Å². The summed E-state index contributed by atoms with van der Waals surface area (Å²) in [6.45, 7) is 2.30. The Balaban J connectivity index is 1.65. The molecular formula is C15H28N2S. The molecule has 2 saturated heterocycles. The highest BCUT2D eigenvalue weighted by molar-refractivity contribution is 7.99. The van der Waals surface area contributed by atoms with E-state index in [4.69, 9.17) is 5.73 Å². The Morgan fingerprint density at radius 1 is 1.00 bits per heavy atom. The van der Waals surface area contributed by atoms with Gasteiger partial charge in [0.05, 0.1) is 0 Å². The molecule has 3 heteroatoms. The first-order valence-corrected chi connectivity index (χ1v) is 8.97. The highest BCUT2D eigenvalue weighted by Gasteiger charge is 2.42. The molecule has 4 atom stereocenters. The van der Waals surface area contributed by atoms with Gasteiger partial charge in [-0.15, -0.1) is 0 Å². The van der Waals surface area contributed by atoms with Gasteiger partial charge in [0.25, 0.3) is 0 Å². The van der Waals surface area contributed by atoms with Crippen LogP contribution in [-0.2, 0) is 0 Å². The van der Waals surface area contributed by atoms with Crippen LogP contribution in [0.15, 0.2) is 0 Å². The second kappa shape index (κ2) is 5.72. The zero-order chi connectivity index (χ0) is 12.5. The van der Waals surface area contributed by atoms with Crippen LogP contribution in [0.2, 0.25) is 0 Å². The lowest BCUT2D eigenvalue weighted by Gasteiger charge is -2.51. The monoisotopic (exact) mass is 268 g/mol. The molecule has 0 amide bonds. The van der Waals surface area contributed by atoms with Gasteiger partial charge in [-0.1, -0.05) is 13.3 Å². The van der Waals surface area contributed by atoms with Crippen LogP contribution in [0, 0.1) is 0 Å². The fourth-order valence-electron chi connectivity index (χ4n) is 4.63. The molecule has 4 unspecified atom stereocenters. The molecule has 0 radical (unpaired) electrons. The lowest BCUT2D eigenvalue weighted by Crippen LogP contribution is -2.58. The van der Waals surface area contributed by atoms with Crippen molar-refractivity contribution < 1.29 is 0 Å². The Morgan fingerprint density at radius 2 is 1.67 bits per heavy atom. The molecule has 0 aromatic carbocycles. The molecule has 1 aliphatic carbocycles. The topological polar surface area (TPSA) is 29.3 Å². The third-order valence-electron chi connectivity index (χ3n) is 5.25. The minimum Gasteiger partial charge on any atom is -0.328 e. The largest absolute Gasteiger partial charge is 0.328 e. The van der Waals surface area contributed by atoms with Crippen molar-refractivity contribution in [2.75, 3.05) is 5.75 Å². The first-order valence-electron chi connectivity index (χ1n) is 7.92. The van der Waals surface area contributed by atoms with Crippen LogP contribution in [-0.4, -0.2) is 40.1 Å². The molecule has 3 fully saturated rings. The number of hydrogen-bond donors (Lipinski definition) is 1. The molecule has 3 rings (SSSR count). The summed E-state index contributed by atoms with van der Waals surface area (Å²) in [6, 6.07) is 3.02. The van der Waals surface area contributed by atoms with Gasteiger partial charge < -0.3 is 5.73 Å². The molecule has 1 saturated carbocycles. The number of rotatable bonds is 3. The van der Waals surface area contributed by atoms with E-state index in [1.54, 1.807) is 0 Å². The van der Waals surface area contributed by atoms with E-state index in [2.05, 4.69) is 23.6 Å². The Hall–Kier alpha value is 0.270. The summed E-state index contributed by atoms with van der Waals surface area (Å²) in [5.41, 5.74) is 6.23. The quantitative estimate of drug-likeness (QED) is 0.853. The van der Waals surface area contributed by atoms with E-state index >= 15 is 0 Å². The number of thioether (sulfide) groups is 1. The van der Waals surface area contributed by atoms with Gasteiger partial charge in [0.1, 0.15) is 0 Å². The summed E-state index contributed by atoms with van der Waals surface area (Å²) in [5.74, 6) is 1.29. The van der Waals surface area contributed by atoms with E-state index in [9.17, 15) is 0 Å². The van der Waals surface area contributed by atoms with Crippen LogP contribution in [0.1, 0.15) is 58.3 Å². The molecular weight excluding hydrogens is 240 g/mol. The smallest absolute Gasteiger partial charge is 0.0116 e. The maximum Gasteiger partial charge on any atom is 0.0116 e. The molecule has 104 valence electrons. The van der Waals surface area contributed by atoms with Crippen LogP contribution in [0.3, 0.4) is 0 Å². The summed E-state index contributed by atoms with van der Waals surface area (Å²) in [7, 11) is 0. The number of fused-ring (bicyclic) bond motifs is 2. The lowest BCUT2D eigenvalue weighted by atomic mass is 9.81. The Labute approximate surface area is 116 Å². The SMILES string of the molecule is CCSC1CCC(N2C3CCCC2CC(N)C3)C1. The fraction of sp³-hybridized carbons (Fsp3) is 1.00. The van der Waals surface area contributed by atoms with Crippen LogP contribution >= 0.6 is 11.8 Å². The van der Waals surface area contributed by atoms with Crippen molar-refractivity contribution in [1.29, 1.82) is 0 Å². The van der Waals surface area contributed by atoms with Crippen LogP contribution < -0.4 is 5.73 Å². The maximum absolute atomic E-state index is 6.23. The van der Waals surface area contributed by atoms with Gasteiger partial charge in [0.15, 0.2) is 0 Å². The average Bonchev–Trinajstić information content (AvgIpc) is 2.76. The Morgan fingerprint density at radius 3 is 2.33 bits per heavy atom. The predicted octanol–water partition coefficient (Wildman–Crippen LogP) is 3.00. The van der Waals surface area contributed by atoms with Gasteiger partial charge in [0, 0.05) is 29.4 Å². The number of nitrogens with two attached hydrogens (primary N) is 1. The van der Waals surface area contributed by atoms with Gasteiger partial charge >= 0.3 is 0 Å². The molecule has 0 aromatic heterocycles. The average molecular weight is 268 g/mol. The van der Waals surface area contributed by atoms with E-state index in [0.717, 1.165) is 23.4 Å². The van der Waals surface area contributed by atoms with E-state index in [-0.39, 0.29) is 0 Å². The van der Waals surface area contributed by atoms with Crippen LogP contribution in [0.5, 0.6) is 0 Å². The third kappa shape index (κ3) is 2.59. The van der Waals surface area contributed by atoms with Crippen molar-refractivity contribution in [3.63, 3.8) is 0 Å². The fourth-order valence-corrected chi connectivity index (χ4v) is 5.76. The molecule has 2 nitrogen and oxygen atoms in total. The minimum absolute atomic E-state index is 0.485. The van der Waals surface area contributed by atoms with Gasteiger partial charge in [-0.3, -0.25) is 4.90 Å². The minimum atomic E-state index is 0.485. The number of nitrogens with zero attached hydrogens (tertiary/aromatic N) is 1. The molecule has 18 heavy (non-hydrogen) atoms. The predicted molar refractivity (Wildman–Crippen MR) is 80.0 cm³/mol. The summed E-state index contributed by atoms with van der Waals surface area (Å²) >= 11 is 2.18. The first-order chi connectivity index (χ1) is 8.78. The highest BCUT2D eigenvalue weighted by Crippen LogP contribution is 2.41. The number of piperidine rings is 2. The van der Waals surface area contributed by atoms with Crippen LogP contribution in [0.25, 0.3) is 0 Å². The molecule has 2 aliphatic heterocycles. The summed E-state index contributed by atoms with van der Waals surface area (Å²) in [4.78, 5) is 2.92. The highest BCUT2D eigenvalue weighted by atomic mass is 32.2. The van der Waals surface area contributed by atoms with Crippen molar-refractivity contribution in [2.45, 2.75) is 87.7 Å². The van der Waals surface area contributed by atoms with Crippen molar-refractivity contribution in [1.82, 2.24) is 4.90 Å². The summed E-state index contributed by atoms with van der Waals surface area (Å²) in [6.07, 6.45) is 11.1. The Bertz CT molecular complexity index is 270. The van der Waals surface area contributed by atoms with E-state index in [1.165, 1.54) is 57.1 Å². The molecule has 2 N–H and O–H groups in total. The second-order valence-corrected chi connectivity index (χ2v) is 8.04. The first kappa shape index (κ1) is 13.3. The van der Waals surface area contributed by atoms with E-state index in [0.29, 0.717) is 6.04 Å². The Kier molecular flexibility index (Phi) is 4.21. The van der Waals surface area contributed by atoms with Crippen LogP contribution in [0.4, 0.5) is 0 Å². The van der Waals surface area contributed by atoms with Crippen molar-refractivity contribution in [2.24, 2.45) is 5.73 Å². The molecule has 0 spiro atoms. The second-order valence-electron chi connectivity index (χ2n) is 6.46. The molecule has 3 aliphatic rings. The van der Waals surface area contributed by atoms with E-state index in [1.807, 2.05) is 0 Å². The zero-order valence-corrected chi connectivity index (χ0v) is 12.5. The van der Waals surface area contributed by atoms with E-state index < -0.39 is 0 Å².